The standard InChI is InChI=1S/C10H14O/c1-6-3-8-5-10(11)7(2)9(8)4-6/h7-9H,1,3-5H2,2H3. The van der Waals surface area contributed by atoms with Crippen molar-refractivity contribution in [2.24, 2.45) is 17.8 Å². The molecule has 2 saturated carbocycles. The van der Waals surface area contributed by atoms with Gasteiger partial charge in [0.1, 0.15) is 5.78 Å². The zero-order valence-corrected chi connectivity index (χ0v) is 6.97. The molecule has 3 unspecified atom stereocenters. The van der Waals surface area contributed by atoms with E-state index in [1.807, 2.05) is 0 Å². The van der Waals surface area contributed by atoms with E-state index in [0.717, 1.165) is 19.3 Å². The zero-order chi connectivity index (χ0) is 8.01. The van der Waals surface area contributed by atoms with Crippen molar-refractivity contribution in [2.45, 2.75) is 26.2 Å². The Morgan fingerprint density at radius 2 is 2.09 bits per heavy atom. The predicted octanol–water partition coefficient (Wildman–Crippen LogP) is 2.18. The number of hydrogen-bond acceptors (Lipinski definition) is 1. The molecule has 2 fully saturated rings. The van der Waals surface area contributed by atoms with Crippen LogP contribution < -0.4 is 0 Å². The fourth-order valence-corrected chi connectivity index (χ4v) is 2.60. The van der Waals surface area contributed by atoms with Gasteiger partial charge in [0.25, 0.3) is 0 Å². The fraction of sp³-hybridized carbons (Fsp3) is 0.700. The number of hydrogen-bond donors (Lipinski definition) is 0. The maximum absolute atomic E-state index is 11.3. The molecular formula is C10H14O. The molecule has 0 N–H and O–H groups in total. The number of allylic oxidation sites excluding steroid dienone is 1. The van der Waals surface area contributed by atoms with Gasteiger partial charge in [-0.3, -0.25) is 4.79 Å². The smallest absolute Gasteiger partial charge is 0.136 e. The monoisotopic (exact) mass is 150 g/mol. The van der Waals surface area contributed by atoms with Crippen molar-refractivity contribution in [2.75, 3.05) is 0 Å². The molecule has 3 atom stereocenters. The van der Waals surface area contributed by atoms with E-state index >= 15 is 0 Å². The summed E-state index contributed by atoms with van der Waals surface area (Å²) < 4.78 is 0. The average molecular weight is 150 g/mol. The van der Waals surface area contributed by atoms with Gasteiger partial charge >= 0.3 is 0 Å². The summed E-state index contributed by atoms with van der Waals surface area (Å²) in [6, 6.07) is 0. The molecule has 1 nitrogen and oxygen atoms in total. The number of carbonyl (C=O) groups excluding carboxylic acids is 1. The van der Waals surface area contributed by atoms with Gasteiger partial charge in [-0.2, -0.15) is 0 Å². The molecule has 60 valence electrons. The lowest BCUT2D eigenvalue weighted by molar-refractivity contribution is -0.120. The van der Waals surface area contributed by atoms with Crippen LogP contribution in [0.2, 0.25) is 0 Å². The van der Waals surface area contributed by atoms with Gasteiger partial charge in [0.05, 0.1) is 0 Å². The van der Waals surface area contributed by atoms with E-state index in [4.69, 9.17) is 0 Å². The highest BCUT2D eigenvalue weighted by molar-refractivity contribution is 5.83. The summed E-state index contributed by atoms with van der Waals surface area (Å²) in [5.41, 5.74) is 1.36. The molecule has 0 saturated heterocycles. The van der Waals surface area contributed by atoms with Crippen LogP contribution in [0.4, 0.5) is 0 Å². The lowest BCUT2D eigenvalue weighted by atomic mass is 9.93. The van der Waals surface area contributed by atoms with Crippen LogP contribution >= 0.6 is 0 Å². The summed E-state index contributed by atoms with van der Waals surface area (Å²) in [6.07, 6.45) is 3.04. The maximum Gasteiger partial charge on any atom is 0.136 e. The Bertz CT molecular complexity index is 217. The second kappa shape index (κ2) is 2.20. The molecule has 0 heterocycles. The van der Waals surface area contributed by atoms with Gasteiger partial charge < -0.3 is 0 Å². The Balaban J connectivity index is 2.19. The molecule has 0 radical (unpaired) electrons. The normalized spacial score (nSPS) is 43.2. The molecule has 0 bridgehead atoms. The molecule has 1 heteroatoms. The van der Waals surface area contributed by atoms with E-state index in [0.29, 0.717) is 23.5 Å². The second-order valence-electron chi connectivity index (χ2n) is 4.04. The quantitative estimate of drug-likeness (QED) is 0.484. The van der Waals surface area contributed by atoms with Crippen molar-refractivity contribution >= 4 is 5.78 Å². The van der Waals surface area contributed by atoms with Crippen LogP contribution in [0.3, 0.4) is 0 Å². The van der Waals surface area contributed by atoms with Crippen LogP contribution in [0, 0.1) is 17.8 Å². The van der Waals surface area contributed by atoms with E-state index in [1.54, 1.807) is 0 Å². The minimum absolute atomic E-state index is 0.319. The number of rotatable bonds is 0. The van der Waals surface area contributed by atoms with Gasteiger partial charge in [-0.1, -0.05) is 19.1 Å². The topological polar surface area (TPSA) is 17.1 Å². The Labute approximate surface area is 67.5 Å². The van der Waals surface area contributed by atoms with Crippen molar-refractivity contribution in [3.05, 3.63) is 12.2 Å². The van der Waals surface area contributed by atoms with Crippen LogP contribution in [0.5, 0.6) is 0 Å². The molecule has 0 aromatic rings. The molecule has 2 aliphatic carbocycles. The first-order valence-corrected chi connectivity index (χ1v) is 4.38. The summed E-state index contributed by atoms with van der Waals surface area (Å²) in [7, 11) is 0. The van der Waals surface area contributed by atoms with Crippen LogP contribution in [-0.4, -0.2) is 5.78 Å². The molecule has 0 amide bonds. The SMILES string of the molecule is C=C1CC2CC(=O)C(C)C2C1. The first kappa shape index (κ1) is 7.08. The van der Waals surface area contributed by atoms with Crippen molar-refractivity contribution in [3.63, 3.8) is 0 Å². The zero-order valence-electron chi connectivity index (χ0n) is 6.97. The van der Waals surface area contributed by atoms with Crippen LogP contribution in [0.25, 0.3) is 0 Å². The molecule has 0 spiro atoms. The third-order valence-corrected chi connectivity index (χ3v) is 3.29. The Morgan fingerprint density at radius 3 is 2.73 bits per heavy atom. The second-order valence-corrected chi connectivity index (χ2v) is 4.04. The number of ketones is 1. The Kier molecular flexibility index (Phi) is 1.41. The fourth-order valence-electron chi connectivity index (χ4n) is 2.60. The summed E-state index contributed by atoms with van der Waals surface area (Å²) in [5, 5.41) is 0. The first-order chi connectivity index (χ1) is 5.18. The lowest BCUT2D eigenvalue weighted by Crippen LogP contribution is -2.09. The Hall–Kier alpha value is -0.590. The molecule has 2 aliphatic rings. The van der Waals surface area contributed by atoms with E-state index in [1.165, 1.54) is 5.57 Å². The first-order valence-electron chi connectivity index (χ1n) is 4.38. The van der Waals surface area contributed by atoms with Gasteiger partial charge in [-0.25, -0.2) is 0 Å². The number of Topliss-reactive ketones (excluding diaryl/α,β-unsaturated/α-hetero) is 1. The van der Waals surface area contributed by atoms with Crippen LogP contribution in [0.15, 0.2) is 12.2 Å². The molecule has 0 aromatic carbocycles. The van der Waals surface area contributed by atoms with Crippen molar-refractivity contribution in [1.82, 2.24) is 0 Å². The lowest BCUT2D eigenvalue weighted by Gasteiger charge is -2.10. The summed E-state index contributed by atoms with van der Waals surface area (Å²) >= 11 is 0. The van der Waals surface area contributed by atoms with Crippen molar-refractivity contribution < 1.29 is 4.79 Å². The molecule has 11 heavy (non-hydrogen) atoms. The number of carbonyl (C=O) groups is 1. The molecule has 0 aromatic heterocycles. The highest BCUT2D eigenvalue weighted by atomic mass is 16.1. The summed E-state index contributed by atoms with van der Waals surface area (Å²) in [5.74, 6) is 2.10. The molecular weight excluding hydrogens is 136 g/mol. The summed E-state index contributed by atoms with van der Waals surface area (Å²) in [4.78, 5) is 11.3. The van der Waals surface area contributed by atoms with Gasteiger partial charge in [0.2, 0.25) is 0 Å². The minimum Gasteiger partial charge on any atom is -0.299 e. The van der Waals surface area contributed by atoms with Gasteiger partial charge in [0.15, 0.2) is 0 Å². The van der Waals surface area contributed by atoms with Gasteiger partial charge in [0, 0.05) is 12.3 Å². The van der Waals surface area contributed by atoms with Gasteiger partial charge in [-0.05, 0) is 24.7 Å². The van der Waals surface area contributed by atoms with Crippen LogP contribution in [0.1, 0.15) is 26.2 Å². The third kappa shape index (κ3) is 0.943. The molecule has 0 aliphatic heterocycles. The average Bonchev–Trinajstić information content (AvgIpc) is 2.37. The summed E-state index contributed by atoms with van der Waals surface area (Å²) in [6.45, 7) is 6.06. The highest BCUT2D eigenvalue weighted by Crippen LogP contribution is 2.47. The maximum atomic E-state index is 11.3. The third-order valence-electron chi connectivity index (χ3n) is 3.29. The van der Waals surface area contributed by atoms with Crippen molar-refractivity contribution in [1.29, 1.82) is 0 Å². The van der Waals surface area contributed by atoms with E-state index < -0.39 is 0 Å². The van der Waals surface area contributed by atoms with Crippen LogP contribution in [-0.2, 0) is 4.79 Å². The molecule has 2 rings (SSSR count). The van der Waals surface area contributed by atoms with Gasteiger partial charge in [-0.15, -0.1) is 0 Å². The largest absolute Gasteiger partial charge is 0.299 e. The minimum atomic E-state index is 0.319. The predicted molar refractivity (Wildman–Crippen MR) is 44.1 cm³/mol. The van der Waals surface area contributed by atoms with E-state index in [2.05, 4.69) is 13.5 Å². The Morgan fingerprint density at radius 1 is 1.36 bits per heavy atom. The van der Waals surface area contributed by atoms with E-state index in [9.17, 15) is 4.79 Å². The highest BCUT2D eigenvalue weighted by Gasteiger charge is 2.43. The number of fused-ring (bicyclic) bond motifs is 1. The van der Waals surface area contributed by atoms with Crippen molar-refractivity contribution in [3.8, 4) is 0 Å². The van der Waals surface area contributed by atoms with E-state index in [-0.39, 0.29) is 0 Å².